The molecule has 27 heavy (non-hydrogen) atoms. The van der Waals surface area contributed by atoms with Crippen molar-refractivity contribution in [3.05, 3.63) is 66.5 Å². The molecule has 4 rings (SSSR count). The van der Waals surface area contributed by atoms with Gasteiger partial charge < -0.3 is 19.8 Å². The van der Waals surface area contributed by atoms with Crippen LogP contribution in [0.2, 0.25) is 0 Å². The van der Waals surface area contributed by atoms with Crippen molar-refractivity contribution in [2.45, 2.75) is 0 Å². The first-order valence-corrected chi connectivity index (χ1v) is 8.43. The zero-order chi connectivity index (χ0) is 18.8. The summed E-state index contributed by atoms with van der Waals surface area (Å²) in [5.41, 5.74) is 2.23. The summed E-state index contributed by atoms with van der Waals surface area (Å²) in [6.07, 6.45) is 0. The Bertz CT molecular complexity index is 1140. The number of carbonyl (C=O) groups excluding carboxylic acids is 1. The quantitative estimate of drug-likeness (QED) is 0.535. The molecule has 0 fully saturated rings. The van der Waals surface area contributed by atoms with E-state index in [4.69, 9.17) is 9.15 Å². The molecule has 1 amide bonds. The Morgan fingerprint density at radius 1 is 1.00 bits per heavy atom. The van der Waals surface area contributed by atoms with E-state index in [1.165, 1.54) is 12.1 Å². The number of ether oxygens (including phenoxy) is 1. The van der Waals surface area contributed by atoms with Crippen molar-refractivity contribution in [3.63, 3.8) is 0 Å². The van der Waals surface area contributed by atoms with Gasteiger partial charge >= 0.3 is 0 Å². The molecule has 0 aliphatic carbocycles. The zero-order valence-corrected chi connectivity index (χ0v) is 14.6. The van der Waals surface area contributed by atoms with Gasteiger partial charge in [-0.25, -0.2) is 4.39 Å². The Labute approximate surface area is 154 Å². The van der Waals surface area contributed by atoms with Crippen molar-refractivity contribution in [3.8, 4) is 5.75 Å². The molecule has 1 aromatic heterocycles. The molecule has 3 aromatic carbocycles. The molecular weight excluding hydrogens is 347 g/mol. The van der Waals surface area contributed by atoms with Gasteiger partial charge in [0, 0.05) is 16.8 Å². The van der Waals surface area contributed by atoms with Crippen molar-refractivity contribution in [1.29, 1.82) is 0 Å². The predicted molar refractivity (Wildman–Crippen MR) is 104 cm³/mol. The summed E-state index contributed by atoms with van der Waals surface area (Å²) < 4.78 is 25.0. The number of hydrogen-bond acceptors (Lipinski definition) is 4. The zero-order valence-electron chi connectivity index (χ0n) is 14.6. The van der Waals surface area contributed by atoms with E-state index in [2.05, 4.69) is 10.6 Å². The molecule has 0 aliphatic heterocycles. The molecule has 4 aromatic rings. The standard InChI is InChI=1S/C21H17FN2O3/c1-26-20-10-14-13-6-2-5-9-18(13)27-19(14)11-17(20)23-12-21(25)24-16-8-4-3-7-15(16)22/h2-11,23H,12H2,1H3,(H,24,25). The van der Waals surface area contributed by atoms with Crippen LogP contribution >= 0.6 is 0 Å². The topological polar surface area (TPSA) is 63.5 Å². The van der Waals surface area contributed by atoms with Gasteiger partial charge in [-0.2, -0.15) is 0 Å². The number of benzene rings is 3. The Kier molecular flexibility index (Phi) is 4.38. The number of amides is 1. The van der Waals surface area contributed by atoms with E-state index in [1.807, 2.05) is 30.3 Å². The fourth-order valence-electron chi connectivity index (χ4n) is 2.99. The van der Waals surface area contributed by atoms with Crippen molar-refractivity contribution < 1.29 is 18.3 Å². The molecule has 136 valence electrons. The van der Waals surface area contributed by atoms with Gasteiger partial charge in [0.25, 0.3) is 0 Å². The summed E-state index contributed by atoms with van der Waals surface area (Å²) in [6, 6.07) is 17.4. The molecule has 5 nitrogen and oxygen atoms in total. The van der Waals surface area contributed by atoms with Crippen LogP contribution in [0.15, 0.2) is 65.1 Å². The fourth-order valence-corrected chi connectivity index (χ4v) is 2.99. The first-order valence-electron chi connectivity index (χ1n) is 8.43. The molecular formula is C21H17FN2O3. The first kappa shape index (κ1) is 16.9. The van der Waals surface area contributed by atoms with Gasteiger partial charge in [-0.15, -0.1) is 0 Å². The second-order valence-electron chi connectivity index (χ2n) is 6.03. The second kappa shape index (κ2) is 6.99. The van der Waals surface area contributed by atoms with Crippen LogP contribution < -0.4 is 15.4 Å². The number of hydrogen-bond donors (Lipinski definition) is 2. The van der Waals surface area contributed by atoms with Gasteiger partial charge in [-0.1, -0.05) is 30.3 Å². The van der Waals surface area contributed by atoms with Gasteiger partial charge in [0.15, 0.2) is 0 Å². The summed E-state index contributed by atoms with van der Waals surface area (Å²) in [4.78, 5) is 12.1. The van der Waals surface area contributed by atoms with Crippen molar-refractivity contribution in [2.24, 2.45) is 0 Å². The van der Waals surface area contributed by atoms with Gasteiger partial charge in [0.05, 0.1) is 25.0 Å². The highest BCUT2D eigenvalue weighted by atomic mass is 19.1. The largest absolute Gasteiger partial charge is 0.495 e. The van der Waals surface area contributed by atoms with E-state index in [1.54, 1.807) is 25.3 Å². The highest BCUT2D eigenvalue weighted by Gasteiger charge is 2.13. The average molecular weight is 364 g/mol. The van der Waals surface area contributed by atoms with E-state index < -0.39 is 5.82 Å². The molecule has 0 radical (unpaired) electrons. The number of halogens is 1. The normalized spacial score (nSPS) is 10.9. The van der Waals surface area contributed by atoms with E-state index in [-0.39, 0.29) is 18.1 Å². The van der Waals surface area contributed by atoms with Crippen LogP contribution in [0, 0.1) is 5.82 Å². The fraction of sp³-hybridized carbons (Fsp3) is 0.0952. The molecule has 0 saturated carbocycles. The molecule has 6 heteroatoms. The van der Waals surface area contributed by atoms with E-state index >= 15 is 0 Å². The minimum atomic E-state index is -0.480. The first-order chi connectivity index (χ1) is 13.2. The second-order valence-corrected chi connectivity index (χ2v) is 6.03. The third kappa shape index (κ3) is 3.29. The summed E-state index contributed by atoms with van der Waals surface area (Å²) in [6.45, 7) is -0.0452. The van der Waals surface area contributed by atoms with Crippen LogP contribution in [0.5, 0.6) is 5.75 Å². The van der Waals surface area contributed by atoms with Gasteiger partial charge in [-0.3, -0.25) is 4.79 Å². The molecule has 0 bridgehead atoms. The molecule has 2 N–H and O–H groups in total. The average Bonchev–Trinajstić information content (AvgIpc) is 3.04. The maximum atomic E-state index is 13.6. The number of methoxy groups -OCH3 is 1. The van der Waals surface area contributed by atoms with Gasteiger partial charge in [0.2, 0.25) is 5.91 Å². The number of nitrogens with one attached hydrogen (secondary N) is 2. The number of rotatable bonds is 5. The minimum Gasteiger partial charge on any atom is -0.495 e. The Hall–Kier alpha value is -3.54. The molecule has 0 aliphatic rings. The monoisotopic (exact) mass is 364 g/mol. The van der Waals surface area contributed by atoms with Crippen molar-refractivity contribution in [2.75, 3.05) is 24.3 Å². The van der Waals surface area contributed by atoms with Gasteiger partial charge in [0.1, 0.15) is 22.7 Å². The number of carbonyl (C=O) groups is 1. The summed E-state index contributed by atoms with van der Waals surface area (Å²) in [5.74, 6) is -0.258. The summed E-state index contributed by atoms with van der Waals surface area (Å²) >= 11 is 0. The van der Waals surface area contributed by atoms with Crippen LogP contribution in [-0.2, 0) is 4.79 Å². The molecule has 0 unspecified atom stereocenters. The lowest BCUT2D eigenvalue weighted by molar-refractivity contribution is -0.114. The van der Waals surface area contributed by atoms with Crippen molar-refractivity contribution in [1.82, 2.24) is 0 Å². The van der Waals surface area contributed by atoms with Gasteiger partial charge in [-0.05, 0) is 24.3 Å². The van der Waals surface area contributed by atoms with Crippen LogP contribution in [0.3, 0.4) is 0 Å². The van der Waals surface area contributed by atoms with E-state index in [0.717, 1.165) is 16.4 Å². The summed E-state index contributed by atoms with van der Waals surface area (Å²) in [7, 11) is 1.56. The Morgan fingerprint density at radius 2 is 1.78 bits per heavy atom. The number of anilines is 2. The van der Waals surface area contributed by atoms with Crippen molar-refractivity contribution >= 4 is 39.2 Å². The lowest BCUT2D eigenvalue weighted by Crippen LogP contribution is -2.22. The molecule has 1 heterocycles. The SMILES string of the molecule is COc1cc2c(cc1NCC(=O)Nc1ccccc1F)oc1ccccc12. The maximum Gasteiger partial charge on any atom is 0.243 e. The minimum absolute atomic E-state index is 0.0452. The number of fused-ring (bicyclic) bond motifs is 3. The van der Waals surface area contributed by atoms with Crippen LogP contribution in [-0.4, -0.2) is 19.6 Å². The third-order valence-corrected chi connectivity index (χ3v) is 4.29. The Balaban J connectivity index is 1.57. The summed E-state index contributed by atoms with van der Waals surface area (Å²) in [5, 5.41) is 7.49. The lowest BCUT2D eigenvalue weighted by Gasteiger charge is -2.12. The smallest absolute Gasteiger partial charge is 0.243 e. The molecule has 0 atom stereocenters. The number of furan rings is 1. The molecule has 0 saturated heterocycles. The number of para-hydroxylation sites is 2. The Morgan fingerprint density at radius 3 is 2.59 bits per heavy atom. The maximum absolute atomic E-state index is 13.6. The third-order valence-electron chi connectivity index (χ3n) is 4.29. The van der Waals surface area contributed by atoms with Crippen LogP contribution in [0.4, 0.5) is 15.8 Å². The van der Waals surface area contributed by atoms with E-state index in [0.29, 0.717) is 17.0 Å². The van der Waals surface area contributed by atoms with E-state index in [9.17, 15) is 9.18 Å². The van der Waals surface area contributed by atoms with Crippen LogP contribution in [0.1, 0.15) is 0 Å². The lowest BCUT2D eigenvalue weighted by atomic mass is 10.1. The molecule has 0 spiro atoms. The predicted octanol–water partition coefficient (Wildman–Crippen LogP) is 4.78. The van der Waals surface area contributed by atoms with Crippen LogP contribution in [0.25, 0.3) is 21.9 Å². The highest BCUT2D eigenvalue weighted by Crippen LogP contribution is 2.36. The highest BCUT2D eigenvalue weighted by molar-refractivity contribution is 6.06.